The zero-order valence-corrected chi connectivity index (χ0v) is 9.90. The number of carbonyl (C=O) groups excluding carboxylic acids is 3. The second kappa shape index (κ2) is 4.10. The molecule has 1 aliphatic carbocycles. The Bertz CT molecular complexity index is 614. The second-order valence-corrected chi connectivity index (χ2v) is 4.14. The number of ketones is 2. The van der Waals surface area contributed by atoms with E-state index in [0.29, 0.717) is 5.56 Å². The summed E-state index contributed by atoms with van der Waals surface area (Å²) in [5, 5.41) is 12.0. The normalized spacial score (nSPS) is 14.0. The molecule has 0 saturated heterocycles. The molecule has 92 valence electrons. The van der Waals surface area contributed by atoms with Crippen LogP contribution in [-0.4, -0.2) is 22.6 Å². The maximum Gasteiger partial charge on any atom is 0.221 e. The van der Waals surface area contributed by atoms with Crippen molar-refractivity contribution in [2.75, 3.05) is 0 Å². The average Bonchev–Trinajstić information content (AvgIpc) is 2.24. The van der Waals surface area contributed by atoms with E-state index < -0.39 is 17.5 Å². The number of Topliss-reactive ketones (excluding diaryl/α,β-unsaturated/α-hetero) is 1. The monoisotopic (exact) mass is 245 g/mol. The van der Waals surface area contributed by atoms with Gasteiger partial charge in [-0.1, -0.05) is 0 Å². The van der Waals surface area contributed by atoms with Crippen LogP contribution in [-0.2, 0) is 4.79 Å². The first-order valence-corrected chi connectivity index (χ1v) is 5.32. The summed E-state index contributed by atoms with van der Waals surface area (Å²) in [6.45, 7) is 2.95. The van der Waals surface area contributed by atoms with Gasteiger partial charge in [-0.15, -0.1) is 0 Å². The highest BCUT2D eigenvalue weighted by Gasteiger charge is 2.29. The van der Waals surface area contributed by atoms with Crippen LogP contribution in [0.25, 0.3) is 0 Å². The highest BCUT2D eigenvalue weighted by molar-refractivity contribution is 6.26. The molecule has 5 heteroatoms. The van der Waals surface area contributed by atoms with Crippen LogP contribution in [0.2, 0.25) is 0 Å². The largest absolute Gasteiger partial charge is 0.507 e. The van der Waals surface area contributed by atoms with E-state index in [-0.39, 0.29) is 22.6 Å². The highest BCUT2D eigenvalue weighted by Crippen LogP contribution is 2.29. The summed E-state index contributed by atoms with van der Waals surface area (Å²) < 4.78 is 0. The summed E-state index contributed by atoms with van der Waals surface area (Å²) in [5.41, 5.74) is 0.673. The Balaban J connectivity index is 2.58. The number of fused-ring (bicyclic) bond motifs is 1. The Morgan fingerprint density at radius 2 is 1.94 bits per heavy atom. The third-order valence-corrected chi connectivity index (χ3v) is 2.59. The molecule has 0 unspecified atom stereocenters. The molecule has 0 aromatic heterocycles. The van der Waals surface area contributed by atoms with Crippen molar-refractivity contribution >= 4 is 17.5 Å². The number of hydrogen-bond donors (Lipinski definition) is 2. The van der Waals surface area contributed by atoms with Gasteiger partial charge in [0, 0.05) is 18.6 Å². The van der Waals surface area contributed by atoms with Gasteiger partial charge >= 0.3 is 0 Å². The lowest BCUT2D eigenvalue weighted by atomic mass is 9.90. The van der Waals surface area contributed by atoms with Crippen LogP contribution >= 0.6 is 0 Å². The minimum absolute atomic E-state index is 0.0585. The number of amides is 1. The molecule has 1 aromatic carbocycles. The molecule has 1 aromatic rings. The highest BCUT2D eigenvalue weighted by atomic mass is 16.3. The van der Waals surface area contributed by atoms with Crippen molar-refractivity contribution in [3.8, 4) is 5.75 Å². The number of nitrogens with one attached hydrogen (secondary N) is 1. The van der Waals surface area contributed by atoms with E-state index in [9.17, 15) is 19.5 Å². The van der Waals surface area contributed by atoms with Crippen LogP contribution < -0.4 is 5.32 Å². The number of rotatable bonds is 1. The molecule has 0 bridgehead atoms. The number of benzene rings is 1. The van der Waals surface area contributed by atoms with Crippen LogP contribution in [0, 0.1) is 6.92 Å². The molecule has 0 aliphatic heterocycles. The summed E-state index contributed by atoms with van der Waals surface area (Å²) >= 11 is 0. The first kappa shape index (κ1) is 12.0. The van der Waals surface area contributed by atoms with Crippen molar-refractivity contribution in [2.24, 2.45) is 0 Å². The first-order chi connectivity index (χ1) is 8.40. The predicted octanol–water partition coefficient (Wildman–Crippen LogP) is 1.10. The van der Waals surface area contributed by atoms with E-state index in [2.05, 4.69) is 5.32 Å². The molecule has 0 saturated carbocycles. The summed E-state index contributed by atoms with van der Waals surface area (Å²) in [5.74, 6) is -1.67. The zero-order chi connectivity index (χ0) is 13.4. The number of aromatic hydroxyl groups is 1. The van der Waals surface area contributed by atoms with Crippen LogP contribution in [0.15, 0.2) is 23.9 Å². The number of phenolic OH excluding ortho intramolecular Hbond substituents is 1. The third-order valence-electron chi connectivity index (χ3n) is 2.59. The van der Waals surface area contributed by atoms with Gasteiger partial charge in [0.25, 0.3) is 0 Å². The van der Waals surface area contributed by atoms with Gasteiger partial charge in [-0.3, -0.25) is 14.4 Å². The van der Waals surface area contributed by atoms with Crippen LogP contribution in [0.5, 0.6) is 5.75 Å². The number of hydrogen-bond acceptors (Lipinski definition) is 4. The van der Waals surface area contributed by atoms with Crippen molar-refractivity contribution in [3.63, 3.8) is 0 Å². The van der Waals surface area contributed by atoms with E-state index in [1.807, 2.05) is 0 Å². The average molecular weight is 245 g/mol. The van der Waals surface area contributed by atoms with Gasteiger partial charge in [0.15, 0.2) is 5.78 Å². The molecule has 0 radical (unpaired) electrons. The fourth-order valence-electron chi connectivity index (χ4n) is 1.89. The third kappa shape index (κ3) is 1.90. The molecule has 0 fully saturated rings. The lowest BCUT2D eigenvalue weighted by Gasteiger charge is -2.16. The van der Waals surface area contributed by atoms with Gasteiger partial charge in [0.1, 0.15) is 5.75 Å². The van der Waals surface area contributed by atoms with E-state index in [4.69, 9.17) is 0 Å². The molecule has 0 heterocycles. The molecule has 2 rings (SSSR count). The summed E-state index contributed by atoms with van der Waals surface area (Å²) in [7, 11) is 0. The smallest absolute Gasteiger partial charge is 0.221 e. The van der Waals surface area contributed by atoms with Gasteiger partial charge in [0.05, 0.1) is 11.3 Å². The summed E-state index contributed by atoms with van der Waals surface area (Å²) in [6, 6.07) is 2.94. The molecule has 2 N–H and O–H groups in total. The quantitative estimate of drug-likeness (QED) is 0.776. The molecule has 0 atom stereocenters. The van der Waals surface area contributed by atoms with Gasteiger partial charge < -0.3 is 10.4 Å². The lowest BCUT2D eigenvalue weighted by Crippen LogP contribution is -2.29. The minimum Gasteiger partial charge on any atom is -0.507 e. The summed E-state index contributed by atoms with van der Waals surface area (Å²) in [4.78, 5) is 34.8. The number of aryl methyl sites for hydroxylation is 1. The maximum absolute atomic E-state index is 12.0. The standard InChI is InChI=1S/C13H11NO4/c1-6-3-8-10(16)5-9(14-7(2)15)13(18)12(8)11(17)4-6/h3-5,17H,1-2H3,(H,14,15). The fourth-order valence-corrected chi connectivity index (χ4v) is 1.89. The maximum atomic E-state index is 12.0. The van der Waals surface area contributed by atoms with Gasteiger partial charge in [-0.25, -0.2) is 0 Å². The van der Waals surface area contributed by atoms with Gasteiger partial charge in [0.2, 0.25) is 11.7 Å². The number of phenols is 1. The van der Waals surface area contributed by atoms with Crippen molar-refractivity contribution in [3.05, 3.63) is 40.6 Å². The van der Waals surface area contributed by atoms with Crippen LogP contribution in [0.1, 0.15) is 33.2 Å². The van der Waals surface area contributed by atoms with E-state index in [1.165, 1.54) is 19.1 Å². The SMILES string of the molecule is CC(=O)NC1=CC(=O)c2cc(C)cc(O)c2C1=O. The van der Waals surface area contributed by atoms with Crippen LogP contribution in [0.4, 0.5) is 0 Å². The molecular formula is C13H11NO4. The Morgan fingerprint density at radius 1 is 1.28 bits per heavy atom. The number of carbonyl (C=O) groups is 3. The van der Waals surface area contributed by atoms with Crippen molar-refractivity contribution in [2.45, 2.75) is 13.8 Å². The second-order valence-electron chi connectivity index (χ2n) is 4.14. The Kier molecular flexibility index (Phi) is 2.74. The zero-order valence-electron chi connectivity index (χ0n) is 9.90. The molecule has 1 amide bonds. The molecule has 0 spiro atoms. The van der Waals surface area contributed by atoms with E-state index >= 15 is 0 Å². The first-order valence-electron chi connectivity index (χ1n) is 5.32. The van der Waals surface area contributed by atoms with Crippen LogP contribution in [0.3, 0.4) is 0 Å². The summed E-state index contributed by atoms with van der Waals surface area (Å²) in [6.07, 6.45) is 1.07. The van der Waals surface area contributed by atoms with Crippen molar-refractivity contribution < 1.29 is 19.5 Å². The molecule has 5 nitrogen and oxygen atoms in total. The fraction of sp³-hybridized carbons (Fsp3) is 0.154. The topological polar surface area (TPSA) is 83.5 Å². The molecule has 1 aliphatic rings. The Hall–Kier alpha value is -2.43. The van der Waals surface area contributed by atoms with Crippen molar-refractivity contribution in [1.82, 2.24) is 5.32 Å². The van der Waals surface area contributed by atoms with E-state index in [0.717, 1.165) is 6.08 Å². The van der Waals surface area contributed by atoms with Crippen molar-refractivity contribution in [1.29, 1.82) is 0 Å². The van der Waals surface area contributed by atoms with Gasteiger partial charge in [-0.2, -0.15) is 0 Å². The Labute approximate surface area is 103 Å². The molecular weight excluding hydrogens is 234 g/mol. The minimum atomic E-state index is -0.558. The Morgan fingerprint density at radius 3 is 2.56 bits per heavy atom. The lowest BCUT2D eigenvalue weighted by molar-refractivity contribution is -0.118. The van der Waals surface area contributed by atoms with Gasteiger partial charge in [-0.05, 0) is 24.6 Å². The van der Waals surface area contributed by atoms with E-state index in [1.54, 1.807) is 6.92 Å². The predicted molar refractivity (Wildman–Crippen MR) is 63.4 cm³/mol. The molecule has 18 heavy (non-hydrogen) atoms. The number of allylic oxidation sites excluding steroid dienone is 2.